The van der Waals surface area contributed by atoms with E-state index in [0.717, 1.165) is 12.8 Å². The van der Waals surface area contributed by atoms with Gasteiger partial charge in [0.05, 0.1) is 12.2 Å². The average molecular weight is 266 g/mol. The minimum Gasteiger partial charge on any atom is -0.493 e. The van der Waals surface area contributed by atoms with Crippen LogP contribution in [0.1, 0.15) is 30.1 Å². The Kier molecular flexibility index (Phi) is 6.14. The molecule has 98 valence electrons. The van der Waals surface area contributed by atoms with Gasteiger partial charge in [-0.25, -0.2) is 0 Å². The highest BCUT2D eigenvalue weighted by Crippen LogP contribution is 2.18. The summed E-state index contributed by atoms with van der Waals surface area (Å²) >= 11 is 4.90. The van der Waals surface area contributed by atoms with Gasteiger partial charge in [0, 0.05) is 7.05 Å². The summed E-state index contributed by atoms with van der Waals surface area (Å²) in [6.07, 6.45) is 2.02. The molecule has 1 rings (SSSR count). The van der Waals surface area contributed by atoms with E-state index in [1.165, 1.54) is 0 Å². The number of para-hydroxylation sites is 1. The molecule has 0 spiro atoms. The molecule has 0 aromatic heterocycles. The number of hydrogen-bond donors (Lipinski definition) is 2. The molecule has 0 aliphatic rings. The molecule has 0 saturated heterocycles. The molecule has 18 heavy (non-hydrogen) atoms. The van der Waals surface area contributed by atoms with Crippen molar-refractivity contribution in [1.29, 1.82) is 0 Å². The van der Waals surface area contributed by atoms with E-state index in [4.69, 9.17) is 17.0 Å². The first-order chi connectivity index (χ1) is 8.69. The lowest BCUT2D eigenvalue weighted by molar-refractivity contribution is 0.0972. The van der Waals surface area contributed by atoms with Crippen molar-refractivity contribution in [1.82, 2.24) is 10.6 Å². The second kappa shape index (κ2) is 7.66. The Bertz CT molecular complexity index is 421. The van der Waals surface area contributed by atoms with Crippen LogP contribution in [-0.2, 0) is 0 Å². The van der Waals surface area contributed by atoms with Crippen molar-refractivity contribution in [2.24, 2.45) is 0 Å². The van der Waals surface area contributed by atoms with Gasteiger partial charge in [-0.1, -0.05) is 25.5 Å². The average Bonchev–Trinajstić information content (AvgIpc) is 2.39. The number of benzene rings is 1. The molecular weight excluding hydrogens is 248 g/mol. The van der Waals surface area contributed by atoms with Crippen LogP contribution in [0.3, 0.4) is 0 Å². The first-order valence-corrected chi connectivity index (χ1v) is 6.34. The summed E-state index contributed by atoms with van der Waals surface area (Å²) in [7, 11) is 1.66. The third-order valence-corrected chi connectivity index (χ3v) is 2.65. The molecule has 0 atom stereocenters. The van der Waals surface area contributed by atoms with E-state index in [1.54, 1.807) is 25.2 Å². The normalized spacial score (nSPS) is 9.67. The molecule has 0 unspecified atom stereocenters. The van der Waals surface area contributed by atoms with Gasteiger partial charge in [-0.2, -0.15) is 0 Å². The lowest BCUT2D eigenvalue weighted by atomic mass is 10.2. The Morgan fingerprint density at radius 3 is 2.78 bits per heavy atom. The van der Waals surface area contributed by atoms with Crippen molar-refractivity contribution >= 4 is 23.2 Å². The molecule has 2 N–H and O–H groups in total. The summed E-state index contributed by atoms with van der Waals surface area (Å²) in [6.45, 7) is 2.70. The van der Waals surface area contributed by atoms with Crippen molar-refractivity contribution in [3.05, 3.63) is 29.8 Å². The van der Waals surface area contributed by atoms with Crippen LogP contribution < -0.4 is 15.4 Å². The molecule has 1 aromatic carbocycles. The predicted molar refractivity (Wildman–Crippen MR) is 76.0 cm³/mol. The monoisotopic (exact) mass is 266 g/mol. The summed E-state index contributed by atoms with van der Waals surface area (Å²) in [6, 6.07) is 7.14. The van der Waals surface area contributed by atoms with E-state index in [1.807, 2.05) is 6.07 Å². The van der Waals surface area contributed by atoms with Crippen LogP contribution in [0.2, 0.25) is 0 Å². The molecule has 0 aliphatic carbocycles. The van der Waals surface area contributed by atoms with Crippen LogP contribution in [-0.4, -0.2) is 24.7 Å². The molecule has 1 amide bonds. The molecule has 0 radical (unpaired) electrons. The lowest BCUT2D eigenvalue weighted by Crippen LogP contribution is -2.37. The fourth-order valence-corrected chi connectivity index (χ4v) is 1.43. The van der Waals surface area contributed by atoms with Gasteiger partial charge in [-0.05, 0) is 30.8 Å². The Balaban J connectivity index is 2.74. The fourth-order valence-electron chi connectivity index (χ4n) is 1.34. The number of unbranched alkanes of at least 4 members (excludes halogenated alkanes) is 1. The molecule has 5 heteroatoms. The van der Waals surface area contributed by atoms with Crippen LogP contribution in [0.5, 0.6) is 5.75 Å². The van der Waals surface area contributed by atoms with Crippen molar-refractivity contribution in [2.75, 3.05) is 13.7 Å². The number of ether oxygens (including phenoxy) is 1. The Morgan fingerprint density at radius 1 is 1.39 bits per heavy atom. The third-order valence-electron chi connectivity index (χ3n) is 2.34. The molecule has 0 fully saturated rings. The van der Waals surface area contributed by atoms with E-state index in [9.17, 15) is 4.79 Å². The zero-order valence-corrected chi connectivity index (χ0v) is 11.5. The molecule has 0 heterocycles. The van der Waals surface area contributed by atoms with Crippen molar-refractivity contribution < 1.29 is 9.53 Å². The lowest BCUT2D eigenvalue weighted by Gasteiger charge is -2.11. The van der Waals surface area contributed by atoms with Crippen molar-refractivity contribution in [2.45, 2.75) is 19.8 Å². The maximum atomic E-state index is 11.9. The second-order valence-corrected chi connectivity index (χ2v) is 4.14. The Labute approximate surface area is 113 Å². The number of rotatable bonds is 5. The number of hydrogen-bond acceptors (Lipinski definition) is 3. The SMILES string of the molecule is CCCCOc1ccccc1C(=O)NC(=S)NC. The van der Waals surface area contributed by atoms with E-state index in [-0.39, 0.29) is 5.91 Å². The number of nitrogens with one attached hydrogen (secondary N) is 2. The fraction of sp³-hybridized carbons (Fsp3) is 0.385. The van der Waals surface area contributed by atoms with Crippen LogP contribution >= 0.6 is 12.2 Å². The summed E-state index contributed by atoms with van der Waals surface area (Å²) in [5.41, 5.74) is 0.492. The van der Waals surface area contributed by atoms with Gasteiger partial charge in [0.15, 0.2) is 5.11 Å². The molecule has 0 aliphatic heterocycles. The topological polar surface area (TPSA) is 50.4 Å². The summed E-state index contributed by atoms with van der Waals surface area (Å²) in [4.78, 5) is 11.9. The molecule has 1 aromatic rings. The molecule has 0 bridgehead atoms. The maximum absolute atomic E-state index is 11.9. The zero-order chi connectivity index (χ0) is 13.4. The smallest absolute Gasteiger partial charge is 0.261 e. The van der Waals surface area contributed by atoms with Gasteiger partial charge < -0.3 is 10.1 Å². The van der Waals surface area contributed by atoms with Crippen LogP contribution in [0.4, 0.5) is 0 Å². The van der Waals surface area contributed by atoms with Gasteiger partial charge in [0.25, 0.3) is 5.91 Å². The van der Waals surface area contributed by atoms with Crippen LogP contribution in [0, 0.1) is 0 Å². The summed E-state index contributed by atoms with van der Waals surface area (Å²) in [5.74, 6) is 0.323. The standard InChI is InChI=1S/C13H18N2O2S/c1-3-4-9-17-11-8-6-5-7-10(11)12(16)15-13(18)14-2/h5-8H,3-4,9H2,1-2H3,(H2,14,15,16,18). The molecule has 4 nitrogen and oxygen atoms in total. The zero-order valence-electron chi connectivity index (χ0n) is 10.7. The Morgan fingerprint density at radius 2 is 2.11 bits per heavy atom. The number of amides is 1. The highest BCUT2D eigenvalue weighted by atomic mass is 32.1. The van der Waals surface area contributed by atoms with Gasteiger partial charge in [-0.15, -0.1) is 0 Å². The predicted octanol–water partition coefficient (Wildman–Crippen LogP) is 2.10. The van der Waals surface area contributed by atoms with Gasteiger partial charge in [0.1, 0.15) is 5.75 Å². The third kappa shape index (κ3) is 4.33. The highest BCUT2D eigenvalue weighted by Gasteiger charge is 2.12. The maximum Gasteiger partial charge on any atom is 0.261 e. The number of thiocarbonyl (C=S) groups is 1. The van der Waals surface area contributed by atoms with Crippen molar-refractivity contribution in [3.8, 4) is 5.75 Å². The Hall–Kier alpha value is -1.62. The summed E-state index contributed by atoms with van der Waals surface area (Å²) in [5, 5.41) is 5.57. The largest absolute Gasteiger partial charge is 0.493 e. The number of carbonyl (C=O) groups excluding carboxylic acids is 1. The second-order valence-electron chi connectivity index (χ2n) is 3.73. The van der Waals surface area contributed by atoms with E-state index < -0.39 is 0 Å². The van der Waals surface area contributed by atoms with E-state index in [2.05, 4.69) is 17.6 Å². The highest BCUT2D eigenvalue weighted by molar-refractivity contribution is 7.80. The first kappa shape index (κ1) is 14.4. The minimum absolute atomic E-state index is 0.263. The van der Waals surface area contributed by atoms with Crippen LogP contribution in [0.25, 0.3) is 0 Å². The van der Waals surface area contributed by atoms with Crippen molar-refractivity contribution in [3.63, 3.8) is 0 Å². The quantitative estimate of drug-likeness (QED) is 0.633. The molecular formula is C13H18N2O2S. The van der Waals surface area contributed by atoms with Gasteiger partial charge >= 0.3 is 0 Å². The minimum atomic E-state index is -0.263. The summed E-state index contributed by atoms with van der Waals surface area (Å²) < 4.78 is 5.59. The van der Waals surface area contributed by atoms with Gasteiger partial charge in [-0.3, -0.25) is 10.1 Å². The van der Waals surface area contributed by atoms with E-state index in [0.29, 0.717) is 23.0 Å². The van der Waals surface area contributed by atoms with Gasteiger partial charge in [0.2, 0.25) is 0 Å². The van der Waals surface area contributed by atoms with E-state index >= 15 is 0 Å². The molecule has 0 saturated carbocycles. The number of carbonyl (C=O) groups is 1. The van der Waals surface area contributed by atoms with Crippen LogP contribution in [0.15, 0.2) is 24.3 Å². The first-order valence-electron chi connectivity index (χ1n) is 5.94.